The fraction of sp³-hybridized carbons (Fsp3) is 0.500. The van der Waals surface area contributed by atoms with Gasteiger partial charge in [-0.3, -0.25) is 0 Å². The van der Waals surface area contributed by atoms with E-state index in [0.29, 0.717) is 0 Å². The Hall–Kier alpha value is -1.76. The Kier molecular flexibility index (Phi) is 4.14. The fourth-order valence-electron chi connectivity index (χ4n) is 5.28. The van der Waals surface area contributed by atoms with Crippen LogP contribution in [0.4, 0.5) is 5.69 Å². The van der Waals surface area contributed by atoms with Crippen LogP contribution in [-0.2, 0) is 5.41 Å². The SMILES string of the molecule is CC1(C)CC(C)(c2ccc(C3CCCCC3)cc2)c2ccccc2N1. The second-order valence-electron chi connectivity index (χ2n) is 9.02. The van der Waals surface area contributed by atoms with Gasteiger partial charge in [0, 0.05) is 16.6 Å². The molecule has 1 N–H and O–H groups in total. The molecule has 1 heteroatoms. The molecular formula is C24H31N. The summed E-state index contributed by atoms with van der Waals surface area (Å²) in [5, 5.41) is 3.72. The molecule has 2 aromatic carbocycles. The van der Waals surface area contributed by atoms with E-state index in [9.17, 15) is 0 Å². The summed E-state index contributed by atoms with van der Waals surface area (Å²) in [5.74, 6) is 0.785. The molecule has 2 aromatic rings. The largest absolute Gasteiger partial charge is 0.380 e. The summed E-state index contributed by atoms with van der Waals surface area (Å²) in [5.41, 5.74) is 5.89. The van der Waals surface area contributed by atoms with Gasteiger partial charge < -0.3 is 5.32 Å². The summed E-state index contributed by atoms with van der Waals surface area (Å²) in [6.45, 7) is 7.05. The van der Waals surface area contributed by atoms with Crippen molar-refractivity contribution in [2.24, 2.45) is 0 Å². The molecule has 0 amide bonds. The van der Waals surface area contributed by atoms with Gasteiger partial charge in [-0.25, -0.2) is 0 Å². The number of hydrogen-bond donors (Lipinski definition) is 1. The topological polar surface area (TPSA) is 12.0 Å². The minimum atomic E-state index is 0.0659. The van der Waals surface area contributed by atoms with Crippen molar-refractivity contribution in [3.8, 4) is 0 Å². The number of benzene rings is 2. The van der Waals surface area contributed by atoms with Crippen molar-refractivity contribution in [2.45, 2.75) is 76.2 Å². The molecule has 1 atom stereocenters. The zero-order valence-corrected chi connectivity index (χ0v) is 15.9. The maximum absolute atomic E-state index is 3.72. The molecular weight excluding hydrogens is 302 g/mol. The highest BCUT2D eigenvalue weighted by atomic mass is 15.0. The number of anilines is 1. The Balaban J connectivity index is 1.70. The molecule has 1 nitrogen and oxygen atoms in total. The zero-order chi connectivity index (χ0) is 17.5. The third-order valence-electron chi connectivity index (χ3n) is 6.41. The summed E-state index contributed by atoms with van der Waals surface area (Å²) in [4.78, 5) is 0. The minimum Gasteiger partial charge on any atom is -0.380 e. The van der Waals surface area contributed by atoms with Crippen LogP contribution in [0.5, 0.6) is 0 Å². The lowest BCUT2D eigenvalue weighted by Crippen LogP contribution is -2.45. The first-order chi connectivity index (χ1) is 12.0. The second kappa shape index (κ2) is 6.20. The maximum atomic E-state index is 3.72. The molecule has 0 saturated heterocycles. The van der Waals surface area contributed by atoms with Gasteiger partial charge in [-0.2, -0.15) is 0 Å². The van der Waals surface area contributed by atoms with Crippen molar-refractivity contribution in [3.63, 3.8) is 0 Å². The Labute approximate surface area is 152 Å². The van der Waals surface area contributed by atoms with E-state index in [2.05, 4.69) is 74.6 Å². The van der Waals surface area contributed by atoms with E-state index in [1.807, 2.05) is 0 Å². The zero-order valence-electron chi connectivity index (χ0n) is 15.9. The lowest BCUT2D eigenvalue weighted by Gasteiger charge is -2.46. The summed E-state index contributed by atoms with van der Waals surface area (Å²) >= 11 is 0. The van der Waals surface area contributed by atoms with E-state index in [0.717, 1.165) is 12.3 Å². The van der Waals surface area contributed by atoms with Crippen molar-refractivity contribution in [1.82, 2.24) is 0 Å². The van der Waals surface area contributed by atoms with Crippen LogP contribution in [-0.4, -0.2) is 5.54 Å². The van der Waals surface area contributed by atoms with Gasteiger partial charge in [0.05, 0.1) is 0 Å². The second-order valence-corrected chi connectivity index (χ2v) is 9.02. The third-order valence-corrected chi connectivity index (χ3v) is 6.41. The van der Waals surface area contributed by atoms with Gasteiger partial charge in [0.25, 0.3) is 0 Å². The lowest BCUT2D eigenvalue weighted by molar-refractivity contribution is 0.378. The van der Waals surface area contributed by atoms with E-state index in [1.165, 1.54) is 48.9 Å². The molecule has 2 aliphatic rings. The molecule has 1 fully saturated rings. The summed E-state index contributed by atoms with van der Waals surface area (Å²) in [6, 6.07) is 18.5. The maximum Gasteiger partial charge on any atom is 0.0385 e. The predicted octanol–water partition coefficient (Wildman–Crippen LogP) is 6.63. The molecule has 1 heterocycles. The van der Waals surface area contributed by atoms with Crippen LogP contribution in [0.25, 0.3) is 0 Å². The smallest absolute Gasteiger partial charge is 0.0385 e. The standard InChI is InChI=1S/C24H31N/c1-23(2)17-24(3,21-11-7-8-12-22(21)25-23)20-15-13-19(14-16-20)18-9-5-4-6-10-18/h7-8,11-16,18,25H,4-6,9-10,17H2,1-3H3. The van der Waals surface area contributed by atoms with Gasteiger partial charge in [0.2, 0.25) is 0 Å². The minimum absolute atomic E-state index is 0.0659. The van der Waals surface area contributed by atoms with Crippen LogP contribution in [0, 0.1) is 0 Å². The molecule has 0 aromatic heterocycles. The van der Waals surface area contributed by atoms with Crippen molar-refractivity contribution in [1.29, 1.82) is 0 Å². The van der Waals surface area contributed by atoms with Gasteiger partial charge in [-0.1, -0.05) is 68.7 Å². The number of rotatable bonds is 2. The molecule has 0 radical (unpaired) electrons. The number of para-hydroxylation sites is 1. The first-order valence-electron chi connectivity index (χ1n) is 9.96. The average molecular weight is 334 g/mol. The quantitative estimate of drug-likeness (QED) is 0.650. The van der Waals surface area contributed by atoms with E-state index < -0.39 is 0 Å². The van der Waals surface area contributed by atoms with Crippen LogP contribution < -0.4 is 5.32 Å². The van der Waals surface area contributed by atoms with E-state index in [1.54, 1.807) is 5.56 Å². The Morgan fingerprint density at radius 3 is 2.24 bits per heavy atom. The van der Waals surface area contributed by atoms with Crippen molar-refractivity contribution < 1.29 is 0 Å². The fourth-order valence-corrected chi connectivity index (χ4v) is 5.28. The number of nitrogens with one attached hydrogen (secondary N) is 1. The van der Waals surface area contributed by atoms with Crippen LogP contribution in [0.3, 0.4) is 0 Å². The first-order valence-corrected chi connectivity index (χ1v) is 9.96. The molecule has 4 rings (SSSR count). The van der Waals surface area contributed by atoms with E-state index in [-0.39, 0.29) is 11.0 Å². The molecule has 1 aliphatic carbocycles. The highest BCUT2D eigenvalue weighted by Crippen LogP contribution is 2.47. The van der Waals surface area contributed by atoms with Crippen LogP contribution >= 0.6 is 0 Å². The van der Waals surface area contributed by atoms with Crippen molar-refractivity contribution in [3.05, 3.63) is 65.2 Å². The Morgan fingerprint density at radius 1 is 0.840 bits per heavy atom. The molecule has 1 unspecified atom stereocenters. The summed E-state index contributed by atoms with van der Waals surface area (Å²) in [7, 11) is 0. The van der Waals surface area contributed by atoms with Crippen LogP contribution in [0.2, 0.25) is 0 Å². The number of hydrogen-bond acceptors (Lipinski definition) is 1. The highest BCUT2D eigenvalue weighted by Gasteiger charge is 2.41. The van der Waals surface area contributed by atoms with Crippen LogP contribution in [0.15, 0.2) is 48.5 Å². The third kappa shape index (κ3) is 3.10. The molecule has 0 spiro atoms. The summed E-state index contributed by atoms with van der Waals surface area (Å²) < 4.78 is 0. The van der Waals surface area contributed by atoms with Crippen molar-refractivity contribution in [2.75, 3.05) is 5.32 Å². The molecule has 1 saturated carbocycles. The molecule has 1 aliphatic heterocycles. The highest BCUT2D eigenvalue weighted by molar-refractivity contribution is 5.62. The van der Waals surface area contributed by atoms with Gasteiger partial charge in [0.15, 0.2) is 0 Å². The van der Waals surface area contributed by atoms with Gasteiger partial charge in [-0.15, -0.1) is 0 Å². The van der Waals surface area contributed by atoms with Gasteiger partial charge in [-0.05, 0) is 61.8 Å². The van der Waals surface area contributed by atoms with Crippen LogP contribution in [0.1, 0.15) is 81.9 Å². The predicted molar refractivity (Wildman–Crippen MR) is 107 cm³/mol. The first kappa shape index (κ1) is 16.7. The average Bonchev–Trinajstić information content (AvgIpc) is 2.62. The monoisotopic (exact) mass is 333 g/mol. The van der Waals surface area contributed by atoms with Gasteiger partial charge in [0.1, 0.15) is 0 Å². The normalized spacial score (nSPS) is 25.9. The summed E-state index contributed by atoms with van der Waals surface area (Å²) in [6.07, 6.45) is 8.08. The van der Waals surface area contributed by atoms with E-state index in [4.69, 9.17) is 0 Å². The Morgan fingerprint density at radius 2 is 1.52 bits per heavy atom. The number of fused-ring (bicyclic) bond motifs is 1. The van der Waals surface area contributed by atoms with E-state index >= 15 is 0 Å². The molecule has 132 valence electrons. The molecule has 0 bridgehead atoms. The van der Waals surface area contributed by atoms with Gasteiger partial charge >= 0.3 is 0 Å². The molecule has 25 heavy (non-hydrogen) atoms. The van der Waals surface area contributed by atoms with Crippen molar-refractivity contribution >= 4 is 5.69 Å². The Bertz CT molecular complexity index is 737. The lowest BCUT2D eigenvalue weighted by atomic mass is 9.66.